The van der Waals surface area contributed by atoms with Gasteiger partial charge < -0.3 is 14.8 Å². The number of halogens is 2. The Balaban J connectivity index is 1.76. The number of aryl methyl sites for hydroxylation is 1. The zero-order valence-corrected chi connectivity index (χ0v) is 13.6. The van der Waals surface area contributed by atoms with Crippen molar-refractivity contribution < 1.29 is 23.5 Å². The fourth-order valence-corrected chi connectivity index (χ4v) is 1.94. The minimum Gasteiger partial charge on any atom is -0.480 e. The number of benzene rings is 2. The van der Waals surface area contributed by atoms with Crippen LogP contribution in [0.1, 0.15) is 5.56 Å². The van der Waals surface area contributed by atoms with E-state index in [1.165, 1.54) is 12.1 Å². The van der Waals surface area contributed by atoms with Gasteiger partial charge in [-0.3, -0.25) is 4.79 Å². The van der Waals surface area contributed by atoms with Crippen molar-refractivity contribution >= 4 is 29.2 Å². The topological polar surface area (TPSA) is 64.6 Å². The van der Waals surface area contributed by atoms with Crippen molar-refractivity contribution in [3.05, 3.63) is 58.9 Å². The highest BCUT2D eigenvalue weighted by Gasteiger charge is 2.10. The van der Waals surface area contributed by atoms with E-state index >= 15 is 0 Å². The lowest BCUT2D eigenvalue weighted by molar-refractivity contribution is -0.149. The lowest BCUT2D eigenvalue weighted by Crippen LogP contribution is -2.23. The molecule has 0 atom stereocenters. The monoisotopic (exact) mass is 351 g/mol. The Morgan fingerprint density at radius 3 is 2.62 bits per heavy atom. The Morgan fingerprint density at radius 1 is 1.17 bits per heavy atom. The molecule has 126 valence electrons. The normalized spacial score (nSPS) is 10.1. The standard InChI is InChI=1S/C17H15ClFNO4/c1-11-6-7-12(8-14(11)19)20-16(21)9-24-17(22)10-23-15-5-3-2-4-13(15)18/h2-8H,9-10H2,1H3,(H,20,21). The highest BCUT2D eigenvalue weighted by molar-refractivity contribution is 6.32. The van der Waals surface area contributed by atoms with E-state index in [-0.39, 0.29) is 12.3 Å². The number of anilines is 1. The summed E-state index contributed by atoms with van der Waals surface area (Å²) in [7, 11) is 0. The van der Waals surface area contributed by atoms with E-state index in [0.29, 0.717) is 16.3 Å². The van der Waals surface area contributed by atoms with Crippen LogP contribution < -0.4 is 10.1 Å². The van der Waals surface area contributed by atoms with Crippen molar-refractivity contribution in [2.45, 2.75) is 6.92 Å². The number of carbonyl (C=O) groups is 2. The molecule has 5 nitrogen and oxygen atoms in total. The van der Waals surface area contributed by atoms with Crippen LogP contribution in [0.15, 0.2) is 42.5 Å². The average Bonchev–Trinajstić information content (AvgIpc) is 2.55. The first-order valence-electron chi connectivity index (χ1n) is 7.04. The van der Waals surface area contributed by atoms with Crippen LogP contribution in [0.3, 0.4) is 0 Å². The molecular weight excluding hydrogens is 337 g/mol. The van der Waals surface area contributed by atoms with Crippen LogP contribution in [0.5, 0.6) is 5.75 Å². The van der Waals surface area contributed by atoms with Gasteiger partial charge in [-0.15, -0.1) is 0 Å². The van der Waals surface area contributed by atoms with Crippen LogP contribution in [0.25, 0.3) is 0 Å². The highest BCUT2D eigenvalue weighted by atomic mass is 35.5. The fraction of sp³-hybridized carbons (Fsp3) is 0.176. The number of ether oxygens (including phenoxy) is 2. The molecular formula is C17H15ClFNO4. The quantitative estimate of drug-likeness (QED) is 0.811. The van der Waals surface area contributed by atoms with Crippen LogP contribution in [0.4, 0.5) is 10.1 Å². The highest BCUT2D eigenvalue weighted by Crippen LogP contribution is 2.22. The predicted molar refractivity (Wildman–Crippen MR) is 87.7 cm³/mol. The lowest BCUT2D eigenvalue weighted by atomic mass is 10.2. The van der Waals surface area contributed by atoms with Crippen molar-refractivity contribution in [3.63, 3.8) is 0 Å². The van der Waals surface area contributed by atoms with Gasteiger partial charge in [-0.05, 0) is 36.8 Å². The van der Waals surface area contributed by atoms with E-state index in [9.17, 15) is 14.0 Å². The molecule has 1 N–H and O–H groups in total. The molecule has 0 aromatic heterocycles. The Labute approximate surface area is 143 Å². The van der Waals surface area contributed by atoms with Gasteiger partial charge in [-0.1, -0.05) is 29.8 Å². The molecule has 2 aromatic carbocycles. The molecule has 1 amide bonds. The summed E-state index contributed by atoms with van der Waals surface area (Å²) in [5.74, 6) is -1.39. The second-order valence-electron chi connectivity index (χ2n) is 4.89. The largest absolute Gasteiger partial charge is 0.480 e. The van der Waals surface area contributed by atoms with Crippen LogP contribution >= 0.6 is 11.6 Å². The lowest BCUT2D eigenvalue weighted by Gasteiger charge is -2.09. The van der Waals surface area contributed by atoms with Crippen molar-refractivity contribution in [1.29, 1.82) is 0 Å². The zero-order chi connectivity index (χ0) is 17.5. The number of hydrogen-bond donors (Lipinski definition) is 1. The van der Waals surface area contributed by atoms with Gasteiger partial charge in [-0.2, -0.15) is 0 Å². The number of carbonyl (C=O) groups excluding carboxylic acids is 2. The smallest absolute Gasteiger partial charge is 0.344 e. The molecule has 0 aliphatic heterocycles. The zero-order valence-electron chi connectivity index (χ0n) is 12.8. The number of hydrogen-bond acceptors (Lipinski definition) is 4. The average molecular weight is 352 g/mol. The summed E-state index contributed by atoms with van der Waals surface area (Å²) in [5.41, 5.74) is 0.752. The Kier molecular flexibility index (Phi) is 6.14. The van der Waals surface area contributed by atoms with E-state index in [2.05, 4.69) is 5.32 Å². The first-order valence-corrected chi connectivity index (χ1v) is 7.42. The van der Waals surface area contributed by atoms with E-state index in [4.69, 9.17) is 21.1 Å². The Bertz CT molecular complexity index is 751. The molecule has 2 aromatic rings. The first kappa shape index (κ1) is 17.7. The summed E-state index contributed by atoms with van der Waals surface area (Å²) >= 11 is 5.88. The summed E-state index contributed by atoms with van der Waals surface area (Å²) in [6.45, 7) is 0.734. The van der Waals surface area contributed by atoms with E-state index in [1.54, 1.807) is 37.3 Å². The summed E-state index contributed by atoms with van der Waals surface area (Å²) < 4.78 is 23.3. The maximum Gasteiger partial charge on any atom is 0.344 e. The summed E-state index contributed by atoms with van der Waals surface area (Å²) in [4.78, 5) is 23.2. The number of esters is 1. The Morgan fingerprint density at radius 2 is 1.92 bits per heavy atom. The minimum atomic E-state index is -0.722. The summed E-state index contributed by atoms with van der Waals surface area (Å²) in [6, 6.07) is 10.9. The molecule has 0 saturated heterocycles. The molecule has 0 fully saturated rings. The maximum atomic E-state index is 13.4. The van der Waals surface area contributed by atoms with Gasteiger partial charge in [0.2, 0.25) is 0 Å². The fourth-order valence-electron chi connectivity index (χ4n) is 1.75. The van der Waals surface area contributed by atoms with Gasteiger partial charge >= 0.3 is 5.97 Å². The van der Waals surface area contributed by atoms with Crippen molar-refractivity contribution in [2.75, 3.05) is 18.5 Å². The van der Waals surface area contributed by atoms with E-state index in [1.807, 2.05) is 0 Å². The first-order chi connectivity index (χ1) is 11.5. The SMILES string of the molecule is Cc1ccc(NC(=O)COC(=O)COc2ccccc2Cl)cc1F. The number of nitrogens with one attached hydrogen (secondary N) is 1. The van der Waals surface area contributed by atoms with Crippen molar-refractivity contribution in [2.24, 2.45) is 0 Å². The molecule has 0 bridgehead atoms. The van der Waals surface area contributed by atoms with Crippen LogP contribution in [0.2, 0.25) is 5.02 Å². The molecule has 0 saturated carbocycles. The van der Waals surface area contributed by atoms with Gasteiger partial charge in [0, 0.05) is 5.69 Å². The molecule has 7 heteroatoms. The molecule has 0 spiro atoms. The van der Waals surface area contributed by atoms with Crippen molar-refractivity contribution in [1.82, 2.24) is 0 Å². The summed E-state index contributed by atoms with van der Waals surface area (Å²) in [6.07, 6.45) is 0. The van der Waals surface area contributed by atoms with Gasteiger partial charge in [0.15, 0.2) is 13.2 Å². The third-order valence-corrected chi connectivity index (χ3v) is 3.31. The molecule has 0 aliphatic rings. The minimum absolute atomic E-state index is 0.284. The third-order valence-electron chi connectivity index (χ3n) is 3.00. The van der Waals surface area contributed by atoms with Gasteiger partial charge in [0.1, 0.15) is 11.6 Å². The molecule has 0 heterocycles. The van der Waals surface area contributed by atoms with Crippen LogP contribution in [-0.2, 0) is 14.3 Å². The Hall–Kier alpha value is -2.60. The maximum absolute atomic E-state index is 13.4. The molecule has 0 unspecified atom stereocenters. The second kappa shape index (κ2) is 8.31. The molecule has 0 radical (unpaired) electrons. The molecule has 24 heavy (non-hydrogen) atoms. The number of amides is 1. The second-order valence-corrected chi connectivity index (χ2v) is 5.30. The summed E-state index contributed by atoms with van der Waals surface area (Å²) in [5, 5.41) is 2.80. The molecule has 2 rings (SSSR count). The number of para-hydroxylation sites is 1. The van der Waals surface area contributed by atoms with Crippen LogP contribution in [0, 0.1) is 12.7 Å². The molecule has 0 aliphatic carbocycles. The van der Waals surface area contributed by atoms with E-state index < -0.39 is 24.3 Å². The van der Waals surface area contributed by atoms with Crippen LogP contribution in [-0.4, -0.2) is 25.1 Å². The van der Waals surface area contributed by atoms with Gasteiger partial charge in [-0.25, -0.2) is 9.18 Å². The van der Waals surface area contributed by atoms with Gasteiger partial charge in [0.05, 0.1) is 5.02 Å². The predicted octanol–water partition coefficient (Wildman–Crippen LogP) is 3.35. The van der Waals surface area contributed by atoms with E-state index in [0.717, 1.165) is 0 Å². The van der Waals surface area contributed by atoms with Crippen molar-refractivity contribution in [3.8, 4) is 5.75 Å². The van der Waals surface area contributed by atoms with Gasteiger partial charge in [0.25, 0.3) is 5.91 Å². The third kappa shape index (κ3) is 5.24. The number of rotatable bonds is 6.